The standard InChI is InChI=1S/C49H36/c1-48(2,3)33-25-23-32(24-26-33)35-27-28-37(36-19-12-14-31-13-4-5-15-34(31)36)41-29-43-40-18-8-11-22-46(40)49(47(43)30-42(35)41)44-20-9-6-16-38(44)39-17-7-10-21-45(39)49/h4-30H,1-3H3. The van der Waals surface area contributed by atoms with Crippen molar-refractivity contribution in [2.24, 2.45) is 0 Å². The Hall–Kier alpha value is -5.72. The van der Waals surface area contributed by atoms with Gasteiger partial charge < -0.3 is 0 Å². The molecule has 0 saturated carbocycles. The van der Waals surface area contributed by atoms with E-state index >= 15 is 0 Å². The first-order valence-corrected chi connectivity index (χ1v) is 17.4. The van der Waals surface area contributed by atoms with Gasteiger partial charge in [-0.2, -0.15) is 0 Å². The van der Waals surface area contributed by atoms with Crippen LogP contribution in [-0.4, -0.2) is 0 Å². The Labute approximate surface area is 288 Å². The summed E-state index contributed by atoms with van der Waals surface area (Å²) in [6.07, 6.45) is 0. The zero-order chi connectivity index (χ0) is 32.9. The summed E-state index contributed by atoms with van der Waals surface area (Å²) in [6.45, 7) is 6.86. The van der Waals surface area contributed by atoms with Crippen molar-refractivity contribution in [3.05, 3.63) is 192 Å². The van der Waals surface area contributed by atoms with E-state index in [1.807, 2.05) is 0 Å². The molecule has 0 aliphatic heterocycles. The molecule has 0 bridgehead atoms. The van der Waals surface area contributed by atoms with Gasteiger partial charge in [-0.25, -0.2) is 0 Å². The van der Waals surface area contributed by atoms with Crippen molar-refractivity contribution in [3.8, 4) is 44.5 Å². The Kier molecular flexibility index (Phi) is 5.86. The van der Waals surface area contributed by atoms with Crippen LogP contribution in [0.2, 0.25) is 0 Å². The lowest BCUT2D eigenvalue weighted by Gasteiger charge is -2.31. The molecule has 1 spiro atoms. The van der Waals surface area contributed by atoms with Crippen LogP contribution in [0, 0.1) is 0 Å². The van der Waals surface area contributed by atoms with E-state index in [0.29, 0.717) is 0 Å². The van der Waals surface area contributed by atoms with Gasteiger partial charge in [-0.15, -0.1) is 0 Å². The normalized spacial score (nSPS) is 13.8. The fraction of sp³-hybridized carbons (Fsp3) is 0.102. The fourth-order valence-electron chi connectivity index (χ4n) is 9.03. The minimum Gasteiger partial charge on any atom is -0.0619 e. The fourth-order valence-corrected chi connectivity index (χ4v) is 9.03. The average molecular weight is 625 g/mol. The Bertz CT molecular complexity index is 2580. The molecule has 2 aliphatic rings. The van der Waals surface area contributed by atoms with Crippen molar-refractivity contribution >= 4 is 21.5 Å². The first-order chi connectivity index (χ1) is 23.9. The van der Waals surface area contributed by atoms with Crippen LogP contribution < -0.4 is 0 Å². The Balaban J connectivity index is 1.34. The predicted octanol–water partition coefficient (Wildman–Crippen LogP) is 13.0. The molecular weight excluding hydrogens is 589 g/mol. The van der Waals surface area contributed by atoms with E-state index in [4.69, 9.17) is 0 Å². The van der Waals surface area contributed by atoms with Crippen LogP contribution in [0.15, 0.2) is 164 Å². The van der Waals surface area contributed by atoms with Crippen LogP contribution in [-0.2, 0) is 10.8 Å². The summed E-state index contributed by atoms with van der Waals surface area (Å²) >= 11 is 0. The zero-order valence-electron chi connectivity index (χ0n) is 28.1. The molecule has 0 aromatic heterocycles. The molecule has 0 heteroatoms. The van der Waals surface area contributed by atoms with Gasteiger partial charge in [0.1, 0.15) is 0 Å². The van der Waals surface area contributed by atoms with Gasteiger partial charge >= 0.3 is 0 Å². The first kappa shape index (κ1) is 28.3. The van der Waals surface area contributed by atoms with Crippen LogP contribution in [0.3, 0.4) is 0 Å². The Morgan fingerprint density at radius 2 is 0.837 bits per heavy atom. The number of benzene rings is 8. The van der Waals surface area contributed by atoms with E-state index in [9.17, 15) is 0 Å². The molecule has 2 aliphatic carbocycles. The van der Waals surface area contributed by atoms with Crippen molar-refractivity contribution in [1.82, 2.24) is 0 Å². The minimum absolute atomic E-state index is 0.0983. The Morgan fingerprint density at radius 3 is 1.49 bits per heavy atom. The van der Waals surface area contributed by atoms with Crippen molar-refractivity contribution in [2.45, 2.75) is 31.6 Å². The van der Waals surface area contributed by atoms with Crippen molar-refractivity contribution in [2.75, 3.05) is 0 Å². The maximum atomic E-state index is 2.56. The van der Waals surface area contributed by atoms with Crippen molar-refractivity contribution in [3.63, 3.8) is 0 Å². The quantitative estimate of drug-likeness (QED) is 0.179. The summed E-state index contributed by atoms with van der Waals surface area (Å²) in [4.78, 5) is 0. The Morgan fingerprint density at radius 1 is 0.347 bits per heavy atom. The number of hydrogen-bond acceptors (Lipinski definition) is 0. The molecule has 0 atom stereocenters. The van der Waals surface area contributed by atoms with Crippen LogP contribution >= 0.6 is 0 Å². The van der Waals surface area contributed by atoms with Gasteiger partial charge in [0.05, 0.1) is 5.41 Å². The predicted molar refractivity (Wildman–Crippen MR) is 207 cm³/mol. The molecule has 0 fully saturated rings. The monoisotopic (exact) mass is 624 g/mol. The third kappa shape index (κ3) is 3.86. The minimum atomic E-state index is -0.379. The van der Waals surface area contributed by atoms with Gasteiger partial charge in [-0.05, 0) is 111 Å². The molecule has 0 nitrogen and oxygen atoms in total. The van der Waals surface area contributed by atoms with E-state index < -0.39 is 0 Å². The van der Waals surface area contributed by atoms with Crippen LogP contribution in [0.25, 0.3) is 66.1 Å². The number of rotatable bonds is 2. The molecule has 0 radical (unpaired) electrons. The van der Waals surface area contributed by atoms with Gasteiger partial charge in [0.25, 0.3) is 0 Å². The van der Waals surface area contributed by atoms with Gasteiger partial charge in [0, 0.05) is 0 Å². The molecule has 8 aromatic carbocycles. The van der Waals surface area contributed by atoms with Crippen LogP contribution in [0.4, 0.5) is 0 Å². The van der Waals surface area contributed by atoms with Gasteiger partial charge in [-0.3, -0.25) is 0 Å². The average Bonchev–Trinajstić information content (AvgIpc) is 3.60. The molecule has 0 saturated heterocycles. The topological polar surface area (TPSA) is 0 Å². The second-order valence-electron chi connectivity index (χ2n) is 14.8. The molecule has 0 heterocycles. The summed E-state index contributed by atoms with van der Waals surface area (Å²) < 4.78 is 0. The number of hydrogen-bond donors (Lipinski definition) is 0. The van der Waals surface area contributed by atoms with E-state index in [1.54, 1.807) is 0 Å². The molecular formula is C49H36. The molecule has 10 rings (SSSR count). The maximum absolute atomic E-state index is 2.56. The molecule has 0 N–H and O–H groups in total. The van der Waals surface area contributed by atoms with Crippen molar-refractivity contribution < 1.29 is 0 Å². The van der Waals surface area contributed by atoms with E-state index in [0.717, 1.165) is 0 Å². The smallest absolute Gasteiger partial charge is 0.0619 e. The third-order valence-electron chi connectivity index (χ3n) is 11.3. The summed E-state index contributed by atoms with van der Waals surface area (Å²) in [5.74, 6) is 0. The lowest BCUT2D eigenvalue weighted by molar-refractivity contribution is 0.590. The highest BCUT2D eigenvalue weighted by molar-refractivity contribution is 6.12. The maximum Gasteiger partial charge on any atom is 0.0725 e. The largest absolute Gasteiger partial charge is 0.0725 e. The SMILES string of the molecule is CC(C)(C)c1ccc(-c2ccc(-c3cccc4ccccc34)c3cc4c(cc23)C2(c3ccccc3-c3ccccc32)c2ccccc2-4)cc1. The molecule has 232 valence electrons. The first-order valence-electron chi connectivity index (χ1n) is 17.4. The van der Waals surface area contributed by atoms with Crippen LogP contribution in [0.1, 0.15) is 48.6 Å². The highest BCUT2D eigenvalue weighted by Crippen LogP contribution is 2.63. The van der Waals surface area contributed by atoms with Gasteiger partial charge in [-0.1, -0.05) is 172 Å². The summed E-state index contributed by atoms with van der Waals surface area (Å²) in [6, 6.07) is 61.9. The molecule has 49 heavy (non-hydrogen) atoms. The highest BCUT2D eigenvalue weighted by atomic mass is 14.5. The highest BCUT2D eigenvalue weighted by Gasteiger charge is 2.51. The van der Waals surface area contributed by atoms with Gasteiger partial charge in [0.15, 0.2) is 0 Å². The molecule has 8 aromatic rings. The van der Waals surface area contributed by atoms with E-state index in [-0.39, 0.29) is 10.8 Å². The molecule has 0 amide bonds. The van der Waals surface area contributed by atoms with Crippen molar-refractivity contribution in [1.29, 1.82) is 0 Å². The summed E-state index contributed by atoms with van der Waals surface area (Å²) in [5.41, 5.74) is 17.0. The van der Waals surface area contributed by atoms with E-state index in [2.05, 4.69) is 185 Å². The zero-order valence-corrected chi connectivity index (χ0v) is 28.1. The van der Waals surface area contributed by atoms with Gasteiger partial charge in [0.2, 0.25) is 0 Å². The third-order valence-corrected chi connectivity index (χ3v) is 11.3. The number of fused-ring (bicyclic) bond motifs is 12. The molecule has 0 unspecified atom stereocenters. The second-order valence-corrected chi connectivity index (χ2v) is 14.8. The second kappa shape index (κ2) is 10.1. The van der Waals surface area contributed by atoms with Crippen LogP contribution in [0.5, 0.6) is 0 Å². The lowest BCUT2D eigenvalue weighted by atomic mass is 9.70. The van der Waals surface area contributed by atoms with E-state index in [1.165, 1.54) is 93.9 Å². The summed E-state index contributed by atoms with van der Waals surface area (Å²) in [5, 5.41) is 5.13. The lowest BCUT2D eigenvalue weighted by Crippen LogP contribution is -2.25. The summed E-state index contributed by atoms with van der Waals surface area (Å²) in [7, 11) is 0.